The van der Waals surface area contributed by atoms with Crippen LogP contribution in [0.1, 0.15) is 66.7 Å². The lowest BCUT2D eigenvalue weighted by Crippen LogP contribution is -2.30. The van der Waals surface area contributed by atoms with Crippen LogP contribution in [-0.2, 0) is 9.47 Å². The molecule has 1 N–H and O–H groups in total. The molecule has 0 aliphatic carbocycles. The van der Waals surface area contributed by atoms with E-state index in [4.69, 9.17) is 9.47 Å². The third-order valence-electron chi connectivity index (χ3n) is 2.75. The average molecular weight is 260 g/mol. The van der Waals surface area contributed by atoms with E-state index in [-0.39, 0.29) is 11.7 Å². The largest absolute Gasteiger partial charge is 0.388 e. The van der Waals surface area contributed by atoms with E-state index in [1.54, 1.807) is 0 Å². The summed E-state index contributed by atoms with van der Waals surface area (Å²) in [6.45, 7) is 10.9. The molecule has 0 saturated heterocycles. The lowest BCUT2D eigenvalue weighted by atomic mass is 10.1. The van der Waals surface area contributed by atoms with Gasteiger partial charge in [-0.2, -0.15) is 0 Å². The Kier molecular flexibility index (Phi) is 9.70. The molecule has 0 spiro atoms. The van der Waals surface area contributed by atoms with Crippen molar-refractivity contribution in [2.45, 2.75) is 84.5 Å². The summed E-state index contributed by atoms with van der Waals surface area (Å²) in [5, 5.41) is 9.72. The van der Waals surface area contributed by atoms with Gasteiger partial charge in [0.05, 0.1) is 24.9 Å². The fourth-order valence-electron chi connectivity index (χ4n) is 1.61. The van der Waals surface area contributed by atoms with Crippen molar-refractivity contribution in [1.29, 1.82) is 0 Å². The lowest BCUT2D eigenvalue weighted by molar-refractivity contribution is -0.0814. The lowest BCUT2D eigenvalue weighted by Gasteiger charge is -2.22. The van der Waals surface area contributed by atoms with E-state index in [0.717, 1.165) is 6.42 Å². The third-order valence-corrected chi connectivity index (χ3v) is 2.75. The van der Waals surface area contributed by atoms with Gasteiger partial charge in [-0.1, -0.05) is 32.6 Å². The zero-order valence-corrected chi connectivity index (χ0v) is 12.9. The van der Waals surface area contributed by atoms with Gasteiger partial charge in [0, 0.05) is 0 Å². The molecule has 0 saturated carbocycles. The van der Waals surface area contributed by atoms with Gasteiger partial charge in [-0.25, -0.2) is 0 Å². The van der Waals surface area contributed by atoms with E-state index < -0.39 is 6.10 Å². The number of aliphatic hydroxyl groups is 1. The summed E-state index contributed by atoms with van der Waals surface area (Å²) >= 11 is 0. The minimum absolute atomic E-state index is 0.202. The van der Waals surface area contributed by atoms with Gasteiger partial charge in [-0.05, 0) is 34.1 Å². The van der Waals surface area contributed by atoms with Crippen LogP contribution in [0.25, 0.3) is 0 Å². The molecule has 0 aliphatic rings. The Hall–Kier alpha value is -0.120. The molecule has 3 nitrogen and oxygen atoms in total. The topological polar surface area (TPSA) is 38.7 Å². The first-order chi connectivity index (χ1) is 8.35. The van der Waals surface area contributed by atoms with Crippen molar-refractivity contribution in [2.75, 3.05) is 13.2 Å². The van der Waals surface area contributed by atoms with Gasteiger partial charge in [-0.3, -0.25) is 0 Å². The zero-order valence-electron chi connectivity index (χ0n) is 12.9. The van der Waals surface area contributed by atoms with Crippen LogP contribution in [0, 0.1) is 0 Å². The first-order valence-electron chi connectivity index (χ1n) is 7.28. The highest BCUT2D eigenvalue weighted by molar-refractivity contribution is 4.62. The molecular formula is C15H32O3. The van der Waals surface area contributed by atoms with Crippen LogP contribution in [0.3, 0.4) is 0 Å². The van der Waals surface area contributed by atoms with Crippen molar-refractivity contribution in [3.8, 4) is 0 Å². The van der Waals surface area contributed by atoms with E-state index in [1.807, 2.05) is 20.8 Å². The minimum Gasteiger partial charge on any atom is -0.388 e. The summed E-state index contributed by atoms with van der Waals surface area (Å²) < 4.78 is 11.1. The molecule has 0 heterocycles. The highest BCUT2D eigenvalue weighted by atomic mass is 16.5. The monoisotopic (exact) mass is 260 g/mol. The Morgan fingerprint density at radius 2 is 1.72 bits per heavy atom. The van der Waals surface area contributed by atoms with Crippen LogP contribution in [0.2, 0.25) is 0 Å². The van der Waals surface area contributed by atoms with Gasteiger partial charge in [0.2, 0.25) is 0 Å². The van der Waals surface area contributed by atoms with Gasteiger partial charge in [-0.15, -0.1) is 0 Å². The van der Waals surface area contributed by atoms with E-state index in [0.29, 0.717) is 13.2 Å². The SMILES string of the molecule is CCCCCCC(C)OCC(O)COC(C)(C)C. The highest BCUT2D eigenvalue weighted by Gasteiger charge is 2.14. The van der Waals surface area contributed by atoms with Crippen LogP contribution in [0.15, 0.2) is 0 Å². The minimum atomic E-state index is -0.526. The molecule has 3 heteroatoms. The second-order valence-electron chi connectivity index (χ2n) is 6.07. The first-order valence-corrected chi connectivity index (χ1v) is 7.28. The Bertz CT molecular complexity index is 187. The highest BCUT2D eigenvalue weighted by Crippen LogP contribution is 2.10. The predicted molar refractivity (Wildman–Crippen MR) is 75.9 cm³/mol. The molecule has 0 aromatic rings. The predicted octanol–water partition coefficient (Wildman–Crippen LogP) is 3.54. The van der Waals surface area contributed by atoms with Crippen LogP contribution in [0.5, 0.6) is 0 Å². The summed E-state index contributed by atoms with van der Waals surface area (Å²) in [6, 6.07) is 0. The molecule has 0 bridgehead atoms. The number of rotatable bonds is 10. The summed E-state index contributed by atoms with van der Waals surface area (Å²) in [5.41, 5.74) is -0.202. The molecule has 0 amide bonds. The van der Waals surface area contributed by atoms with Crippen molar-refractivity contribution in [1.82, 2.24) is 0 Å². The van der Waals surface area contributed by atoms with E-state index in [1.165, 1.54) is 25.7 Å². The molecule has 2 atom stereocenters. The Morgan fingerprint density at radius 3 is 2.28 bits per heavy atom. The van der Waals surface area contributed by atoms with E-state index >= 15 is 0 Å². The van der Waals surface area contributed by atoms with Crippen LogP contribution in [0.4, 0.5) is 0 Å². The molecule has 110 valence electrons. The average Bonchev–Trinajstić information content (AvgIpc) is 2.28. The van der Waals surface area contributed by atoms with E-state index in [9.17, 15) is 5.11 Å². The molecule has 0 aromatic carbocycles. The standard InChI is InChI=1S/C15H32O3/c1-6-7-8-9-10-13(2)17-11-14(16)12-18-15(3,4)5/h13-14,16H,6-12H2,1-5H3. The number of hydrogen-bond donors (Lipinski definition) is 1. The second-order valence-corrected chi connectivity index (χ2v) is 6.07. The van der Waals surface area contributed by atoms with Crippen molar-refractivity contribution < 1.29 is 14.6 Å². The molecule has 0 aliphatic heterocycles. The van der Waals surface area contributed by atoms with Gasteiger partial charge in [0.25, 0.3) is 0 Å². The van der Waals surface area contributed by atoms with Gasteiger partial charge in [0.1, 0.15) is 6.10 Å². The van der Waals surface area contributed by atoms with Crippen LogP contribution in [-0.4, -0.2) is 36.1 Å². The second kappa shape index (κ2) is 9.76. The maximum absolute atomic E-state index is 9.72. The number of ether oxygens (including phenoxy) is 2. The molecular weight excluding hydrogens is 228 g/mol. The summed E-state index contributed by atoms with van der Waals surface area (Å²) in [4.78, 5) is 0. The number of unbranched alkanes of at least 4 members (excludes halogenated alkanes) is 3. The van der Waals surface area contributed by atoms with Crippen LogP contribution < -0.4 is 0 Å². The number of hydrogen-bond acceptors (Lipinski definition) is 3. The summed E-state index contributed by atoms with van der Waals surface area (Å²) in [5.74, 6) is 0. The normalized spacial score (nSPS) is 15.7. The quantitative estimate of drug-likeness (QED) is 0.611. The molecule has 0 rings (SSSR count). The Morgan fingerprint density at radius 1 is 1.06 bits per heavy atom. The Labute approximate surface area is 113 Å². The van der Waals surface area contributed by atoms with Gasteiger partial charge < -0.3 is 14.6 Å². The van der Waals surface area contributed by atoms with Crippen LogP contribution >= 0.6 is 0 Å². The molecule has 0 radical (unpaired) electrons. The Balaban J connectivity index is 3.50. The molecule has 0 aromatic heterocycles. The fourth-order valence-corrected chi connectivity index (χ4v) is 1.61. The van der Waals surface area contributed by atoms with Crippen molar-refractivity contribution in [3.05, 3.63) is 0 Å². The fraction of sp³-hybridized carbons (Fsp3) is 1.00. The zero-order chi connectivity index (χ0) is 14.0. The number of aliphatic hydroxyl groups excluding tert-OH is 1. The smallest absolute Gasteiger partial charge is 0.101 e. The maximum atomic E-state index is 9.72. The maximum Gasteiger partial charge on any atom is 0.101 e. The van der Waals surface area contributed by atoms with Crippen molar-refractivity contribution >= 4 is 0 Å². The first kappa shape index (κ1) is 17.9. The van der Waals surface area contributed by atoms with E-state index in [2.05, 4.69) is 13.8 Å². The van der Waals surface area contributed by atoms with Crippen molar-refractivity contribution in [3.63, 3.8) is 0 Å². The molecule has 0 fully saturated rings. The summed E-state index contributed by atoms with van der Waals surface area (Å²) in [6.07, 6.45) is 5.83. The molecule has 18 heavy (non-hydrogen) atoms. The summed E-state index contributed by atoms with van der Waals surface area (Å²) in [7, 11) is 0. The molecule has 2 unspecified atom stereocenters. The van der Waals surface area contributed by atoms with Gasteiger partial charge in [0.15, 0.2) is 0 Å². The third kappa shape index (κ3) is 12.3. The van der Waals surface area contributed by atoms with Gasteiger partial charge >= 0.3 is 0 Å². The van der Waals surface area contributed by atoms with Crippen molar-refractivity contribution in [2.24, 2.45) is 0 Å².